The number of rotatable bonds is 5. The molecule has 1 aromatic carbocycles. The van der Waals surface area contributed by atoms with Crippen molar-refractivity contribution in [1.82, 2.24) is 0 Å². The summed E-state index contributed by atoms with van der Waals surface area (Å²) in [6.07, 6.45) is 0.260. The molecular formula is C10H9BrN2O4S. The molecule has 0 radical (unpaired) electrons. The van der Waals surface area contributed by atoms with Gasteiger partial charge in [-0.2, -0.15) is 5.26 Å². The number of nitro groups is 1. The van der Waals surface area contributed by atoms with Gasteiger partial charge in [-0.25, -0.2) is 8.42 Å². The summed E-state index contributed by atoms with van der Waals surface area (Å²) in [4.78, 5) is 9.77. The van der Waals surface area contributed by atoms with Crippen LogP contribution in [0.15, 0.2) is 27.6 Å². The maximum absolute atomic E-state index is 11.9. The highest BCUT2D eigenvalue weighted by atomic mass is 79.9. The zero-order valence-corrected chi connectivity index (χ0v) is 11.6. The van der Waals surface area contributed by atoms with Crippen LogP contribution in [0.4, 0.5) is 5.69 Å². The lowest BCUT2D eigenvalue weighted by Gasteiger charge is -2.04. The Morgan fingerprint density at radius 1 is 1.44 bits per heavy atom. The number of nitriles is 1. The lowest BCUT2D eigenvalue weighted by Crippen LogP contribution is -2.09. The topological polar surface area (TPSA) is 101 Å². The second kappa shape index (κ2) is 5.93. The fraction of sp³-hybridized carbons (Fsp3) is 0.300. The number of hydrogen-bond acceptors (Lipinski definition) is 5. The molecule has 0 bridgehead atoms. The highest BCUT2D eigenvalue weighted by Crippen LogP contribution is 2.28. The largest absolute Gasteiger partial charge is 0.289 e. The van der Waals surface area contributed by atoms with Crippen LogP contribution >= 0.6 is 15.9 Å². The molecule has 0 spiro atoms. The van der Waals surface area contributed by atoms with E-state index in [9.17, 15) is 18.5 Å². The van der Waals surface area contributed by atoms with Crippen molar-refractivity contribution in [1.29, 1.82) is 5.26 Å². The van der Waals surface area contributed by atoms with Gasteiger partial charge in [0.25, 0.3) is 5.69 Å². The summed E-state index contributed by atoms with van der Waals surface area (Å²) in [6, 6.07) is 5.62. The van der Waals surface area contributed by atoms with Crippen molar-refractivity contribution in [2.45, 2.75) is 17.7 Å². The third kappa shape index (κ3) is 3.51. The molecule has 0 N–H and O–H groups in total. The average Bonchev–Trinajstić information content (AvgIpc) is 2.28. The molecule has 0 saturated carbocycles. The summed E-state index contributed by atoms with van der Waals surface area (Å²) < 4.78 is 24.3. The van der Waals surface area contributed by atoms with Crippen LogP contribution < -0.4 is 0 Å². The molecule has 1 rings (SSSR count). The average molecular weight is 333 g/mol. The van der Waals surface area contributed by atoms with Crippen LogP contribution in [0.3, 0.4) is 0 Å². The summed E-state index contributed by atoms with van der Waals surface area (Å²) in [5.74, 6) is -0.275. The fourth-order valence-corrected chi connectivity index (χ4v) is 3.17. The Balaban J connectivity index is 3.16. The van der Waals surface area contributed by atoms with Gasteiger partial charge in [-0.05, 0) is 18.6 Å². The summed E-state index contributed by atoms with van der Waals surface area (Å²) in [5.41, 5.74) is -0.457. The minimum atomic E-state index is -3.74. The van der Waals surface area contributed by atoms with E-state index in [1.807, 2.05) is 6.07 Å². The molecule has 1 aromatic rings. The van der Waals surface area contributed by atoms with E-state index >= 15 is 0 Å². The molecule has 18 heavy (non-hydrogen) atoms. The number of unbranched alkanes of at least 4 members (excludes halogenated alkanes) is 1. The molecule has 0 unspecified atom stereocenters. The summed E-state index contributed by atoms with van der Waals surface area (Å²) >= 11 is 3.05. The van der Waals surface area contributed by atoms with E-state index in [4.69, 9.17) is 5.26 Å². The molecule has 6 nitrogen and oxygen atoms in total. The van der Waals surface area contributed by atoms with E-state index in [-0.39, 0.29) is 23.5 Å². The van der Waals surface area contributed by atoms with E-state index in [1.54, 1.807) is 0 Å². The minimum absolute atomic E-state index is 0.101. The predicted molar refractivity (Wildman–Crippen MR) is 67.7 cm³/mol. The van der Waals surface area contributed by atoms with E-state index in [1.165, 1.54) is 12.1 Å². The third-order valence-corrected chi connectivity index (χ3v) is 4.49. The molecule has 0 amide bonds. The van der Waals surface area contributed by atoms with Gasteiger partial charge in [0.15, 0.2) is 9.84 Å². The zero-order chi connectivity index (χ0) is 13.8. The minimum Gasteiger partial charge on any atom is -0.258 e. The van der Waals surface area contributed by atoms with Gasteiger partial charge in [0.2, 0.25) is 0 Å². The molecule has 0 aliphatic rings. The van der Waals surface area contributed by atoms with Crippen LogP contribution in [0, 0.1) is 21.4 Å². The van der Waals surface area contributed by atoms with Crippen molar-refractivity contribution < 1.29 is 13.3 Å². The van der Waals surface area contributed by atoms with Crippen molar-refractivity contribution >= 4 is 31.5 Å². The van der Waals surface area contributed by atoms with Crippen LogP contribution in [0.2, 0.25) is 0 Å². The molecule has 0 aliphatic carbocycles. The van der Waals surface area contributed by atoms with E-state index in [0.29, 0.717) is 4.47 Å². The molecule has 96 valence electrons. The first kappa shape index (κ1) is 14.6. The number of nitrogens with zero attached hydrogens (tertiary/aromatic N) is 2. The number of sulfone groups is 1. The normalized spacial score (nSPS) is 10.9. The van der Waals surface area contributed by atoms with E-state index in [2.05, 4.69) is 15.9 Å². The fourth-order valence-electron chi connectivity index (χ4n) is 1.35. The molecule has 0 saturated heterocycles. The monoisotopic (exact) mass is 332 g/mol. The van der Waals surface area contributed by atoms with Crippen molar-refractivity contribution in [2.24, 2.45) is 0 Å². The van der Waals surface area contributed by atoms with Crippen molar-refractivity contribution in [2.75, 3.05) is 5.75 Å². The third-order valence-electron chi connectivity index (χ3n) is 2.15. The van der Waals surface area contributed by atoms with Crippen LogP contribution in [-0.2, 0) is 9.84 Å². The second-order valence-corrected chi connectivity index (χ2v) is 6.44. The maximum Gasteiger partial charge on any atom is 0.289 e. The van der Waals surface area contributed by atoms with Gasteiger partial charge in [0, 0.05) is 17.0 Å². The van der Waals surface area contributed by atoms with Crippen molar-refractivity contribution in [3.63, 3.8) is 0 Å². The highest BCUT2D eigenvalue weighted by molar-refractivity contribution is 9.10. The lowest BCUT2D eigenvalue weighted by molar-refractivity contribution is -0.387. The summed E-state index contributed by atoms with van der Waals surface area (Å²) in [7, 11) is -3.74. The van der Waals surface area contributed by atoms with Gasteiger partial charge in [0.1, 0.15) is 4.90 Å². The van der Waals surface area contributed by atoms with E-state index < -0.39 is 20.4 Å². The highest BCUT2D eigenvalue weighted by Gasteiger charge is 2.25. The SMILES string of the molecule is N#CCCCS(=O)(=O)c1ccc(Br)cc1[N+](=O)[O-]. The molecule has 0 aliphatic heterocycles. The van der Waals surface area contributed by atoms with Gasteiger partial charge in [-0.3, -0.25) is 10.1 Å². The zero-order valence-electron chi connectivity index (χ0n) is 9.17. The first-order chi connectivity index (χ1) is 8.38. The first-order valence-electron chi connectivity index (χ1n) is 4.92. The first-order valence-corrected chi connectivity index (χ1v) is 7.36. The van der Waals surface area contributed by atoms with Crippen LogP contribution in [-0.4, -0.2) is 19.1 Å². The second-order valence-electron chi connectivity index (χ2n) is 3.45. The number of nitro benzene ring substituents is 1. The predicted octanol–water partition coefficient (Wildman–Crippen LogP) is 2.43. The molecule has 0 aromatic heterocycles. The maximum atomic E-state index is 11.9. The molecule has 0 heterocycles. The Morgan fingerprint density at radius 2 is 2.11 bits per heavy atom. The smallest absolute Gasteiger partial charge is 0.258 e. The standard InChI is InChI=1S/C10H9BrN2O4S/c11-8-3-4-10(9(7-8)13(14)15)18(16,17)6-2-1-5-12/h3-4,7H,1-2,6H2. The van der Waals surface area contributed by atoms with E-state index in [0.717, 1.165) is 6.07 Å². The van der Waals surface area contributed by atoms with Gasteiger partial charge in [-0.15, -0.1) is 0 Å². The Morgan fingerprint density at radius 3 is 2.67 bits per heavy atom. The van der Waals surface area contributed by atoms with Gasteiger partial charge in [-0.1, -0.05) is 15.9 Å². The Hall–Kier alpha value is -1.46. The number of benzene rings is 1. The van der Waals surface area contributed by atoms with Crippen LogP contribution in [0.25, 0.3) is 0 Å². The Labute approximate surface area is 112 Å². The summed E-state index contributed by atoms with van der Waals surface area (Å²) in [6.45, 7) is 0. The van der Waals surface area contributed by atoms with Gasteiger partial charge in [0.05, 0.1) is 16.7 Å². The lowest BCUT2D eigenvalue weighted by atomic mass is 10.3. The molecule has 8 heteroatoms. The Kier molecular flexibility index (Phi) is 4.81. The van der Waals surface area contributed by atoms with Gasteiger partial charge < -0.3 is 0 Å². The number of halogens is 1. The summed E-state index contributed by atoms with van der Waals surface area (Å²) in [5, 5.41) is 19.2. The quantitative estimate of drug-likeness (QED) is 0.468. The van der Waals surface area contributed by atoms with Gasteiger partial charge >= 0.3 is 0 Å². The molecule has 0 atom stereocenters. The molecular weight excluding hydrogens is 324 g/mol. The van der Waals surface area contributed by atoms with Crippen LogP contribution in [0.1, 0.15) is 12.8 Å². The van der Waals surface area contributed by atoms with Crippen molar-refractivity contribution in [3.8, 4) is 6.07 Å². The molecule has 0 fully saturated rings. The number of hydrogen-bond donors (Lipinski definition) is 0. The van der Waals surface area contributed by atoms with Crippen LogP contribution in [0.5, 0.6) is 0 Å². The van der Waals surface area contributed by atoms with Crippen molar-refractivity contribution in [3.05, 3.63) is 32.8 Å². The Bertz CT molecular complexity index is 607.